The number of hydrogen-bond acceptors (Lipinski definition) is 5. The van der Waals surface area contributed by atoms with E-state index in [1.807, 2.05) is 6.07 Å². The second-order valence-electron chi connectivity index (χ2n) is 5.77. The predicted octanol–water partition coefficient (Wildman–Crippen LogP) is 1.04. The summed E-state index contributed by atoms with van der Waals surface area (Å²) in [5, 5.41) is 15.4. The summed E-state index contributed by atoms with van der Waals surface area (Å²) >= 11 is 0. The van der Waals surface area contributed by atoms with Gasteiger partial charge in [-0.05, 0) is 29.8 Å². The Labute approximate surface area is 150 Å². The van der Waals surface area contributed by atoms with E-state index in [-0.39, 0.29) is 24.9 Å². The third-order valence-electron chi connectivity index (χ3n) is 3.89. The molecular formula is C19H20N2O5. The average Bonchev–Trinajstić information content (AvgIpc) is 2.70. The molecule has 0 spiro atoms. The highest BCUT2D eigenvalue weighted by Crippen LogP contribution is 2.32. The normalized spacial score (nSPS) is 13.6. The van der Waals surface area contributed by atoms with Crippen LogP contribution in [-0.4, -0.2) is 43.2 Å². The van der Waals surface area contributed by atoms with Crippen molar-refractivity contribution >= 4 is 11.8 Å². The Morgan fingerprint density at radius 2 is 1.73 bits per heavy atom. The van der Waals surface area contributed by atoms with Crippen LogP contribution in [0.25, 0.3) is 0 Å². The van der Waals surface area contributed by atoms with Gasteiger partial charge >= 0.3 is 0 Å². The highest BCUT2D eigenvalue weighted by atomic mass is 16.6. The summed E-state index contributed by atoms with van der Waals surface area (Å²) in [6.07, 6.45) is -0.889. The third kappa shape index (κ3) is 4.52. The van der Waals surface area contributed by atoms with E-state index < -0.39 is 6.10 Å². The van der Waals surface area contributed by atoms with Crippen LogP contribution < -0.4 is 20.1 Å². The van der Waals surface area contributed by atoms with Crippen molar-refractivity contribution in [3.63, 3.8) is 0 Å². The van der Waals surface area contributed by atoms with Gasteiger partial charge in [0.15, 0.2) is 11.5 Å². The lowest BCUT2D eigenvalue weighted by Gasteiger charge is -2.20. The molecular weight excluding hydrogens is 336 g/mol. The Balaban J connectivity index is 1.46. The Morgan fingerprint density at radius 3 is 2.50 bits per heavy atom. The number of aliphatic hydroxyl groups is 1. The molecule has 0 saturated carbocycles. The number of ether oxygens (including phenoxy) is 2. The van der Waals surface area contributed by atoms with Crippen molar-refractivity contribution in [1.29, 1.82) is 0 Å². The summed E-state index contributed by atoms with van der Waals surface area (Å²) in [5.74, 6) is 0.508. The number of hydrogen-bond donors (Lipinski definition) is 3. The molecule has 136 valence electrons. The SMILES string of the molecule is O=C(CNC(=O)c1ccccc1)NCC(O)c1ccc2c(c1)OCCO2. The molecule has 1 aliphatic heterocycles. The summed E-state index contributed by atoms with van der Waals surface area (Å²) in [6, 6.07) is 13.8. The first-order valence-electron chi connectivity index (χ1n) is 8.31. The minimum absolute atomic E-state index is 0.0275. The summed E-state index contributed by atoms with van der Waals surface area (Å²) in [4.78, 5) is 23.7. The van der Waals surface area contributed by atoms with Crippen LogP contribution in [0.3, 0.4) is 0 Å². The lowest BCUT2D eigenvalue weighted by Crippen LogP contribution is -2.38. The van der Waals surface area contributed by atoms with Crippen LogP contribution in [0.15, 0.2) is 48.5 Å². The van der Waals surface area contributed by atoms with Crippen LogP contribution in [-0.2, 0) is 4.79 Å². The Hall–Kier alpha value is -3.06. The summed E-state index contributed by atoms with van der Waals surface area (Å²) in [6.45, 7) is 0.825. The topological polar surface area (TPSA) is 96.9 Å². The molecule has 3 rings (SSSR count). The average molecular weight is 356 g/mol. The Morgan fingerprint density at radius 1 is 1.00 bits per heavy atom. The molecule has 2 aromatic carbocycles. The predicted molar refractivity (Wildman–Crippen MR) is 94.2 cm³/mol. The summed E-state index contributed by atoms with van der Waals surface area (Å²) in [5.41, 5.74) is 1.10. The zero-order chi connectivity index (χ0) is 18.4. The van der Waals surface area contributed by atoms with Crippen LogP contribution in [0.2, 0.25) is 0 Å². The fraction of sp³-hybridized carbons (Fsp3) is 0.263. The highest BCUT2D eigenvalue weighted by Gasteiger charge is 2.16. The molecule has 0 aromatic heterocycles. The Bertz CT molecular complexity index is 779. The second-order valence-corrected chi connectivity index (χ2v) is 5.77. The molecule has 3 N–H and O–H groups in total. The smallest absolute Gasteiger partial charge is 0.251 e. The van der Waals surface area contributed by atoms with Gasteiger partial charge in [-0.3, -0.25) is 9.59 Å². The number of aliphatic hydroxyl groups excluding tert-OH is 1. The van der Waals surface area contributed by atoms with Crippen molar-refractivity contribution < 1.29 is 24.2 Å². The van der Waals surface area contributed by atoms with E-state index in [0.717, 1.165) is 0 Å². The van der Waals surface area contributed by atoms with Gasteiger partial charge in [0.25, 0.3) is 5.91 Å². The molecule has 0 bridgehead atoms. The molecule has 1 aliphatic rings. The Kier molecular flexibility index (Phi) is 5.70. The minimum Gasteiger partial charge on any atom is -0.486 e. The molecule has 1 unspecified atom stereocenters. The van der Waals surface area contributed by atoms with Crippen LogP contribution in [0.4, 0.5) is 0 Å². The molecule has 1 atom stereocenters. The first-order chi connectivity index (χ1) is 12.6. The molecule has 0 radical (unpaired) electrons. The van der Waals surface area contributed by atoms with Gasteiger partial charge in [-0.2, -0.15) is 0 Å². The molecule has 0 fully saturated rings. The maximum absolute atomic E-state index is 11.9. The summed E-state index contributed by atoms with van der Waals surface area (Å²) in [7, 11) is 0. The van der Waals surface area contributed by atoms with Crippen LogP contribution in [0.1, 0.15) is 22.0 Å². The number of carbonyl (C=O) groups is 2. The van der Waals surface area contributed by atoms with E-state index in [9.17, 15) is 14.7 Å². The lowest BCUT2D eigenvalue weighted by molar-refractivity contribution is -0.120. The number of amides is 2. The van der Waals surface area contributed by atoms with Crippen molar-refractivity contribution in [2.75, 3.05) is 26.3 Å². The molecule has 26 heavy (non-hydrogen) atoms. The van der Waals surface area contributed by atoms with Crippen molar-refractivity contribution in [2.45, 2.75) is 6.10 Å². The lowest BCUT2D eigenvalue weighted by atomic mass is 10.1. The van der Waals surface area contributed by atoms with Gasteiger partial charge in [0.05, 0.1) is 12.6 Å². The fourth-order valence-electron chi connectivity index (χ4n) is 2.51. The van der Waals surface area contributed by atoms with Crippen LogP contribution >= 0.6 is 0 Å². The maximum atomic E-state index is 11.9. The summed E-state index contributed by atoms with van der Waals surface area (Å²) < 4.78 is 10.9. The monoisotopic (exact) mass is 356 g/mol. The van der Waals surface area contributed by atoms with Gasteiger partial charge in [-0.25, -0.2) is 0 Å². The van der Waals surface area contributed by atoms with Crippen molar-refractivity contribution in [3.8, 4) is 11.5 Å². The first kappa shape index (κ1) is 17.8. The molecule has 1 heterocycles. The van der Waals surface area contributed by atoms with Gasteiger partial charge in [0.1, 0.15) is 13.2 Å². The molecule has 0 saturated heterocycles. The zero-order valence-electron chi connectivity index (χ0n) is 14.1. The van der Waals surface area contributed by atoms with Crippen molar-refractivity contribution in [3.05, 3.63) is 59.7 Å². The van der Waals surface area contributed by atoms with Crippen molar-refractivity contribution in [1.82, 2.24) is 10.6 Å². The molecule has 7 heteroatoms. The molecule has 7 nitrogen and oxygen atoms in total. The van der Waals surface area contributed by atoms with Gasteiger partial charge in [0.2, 0.25) is 5.91 Å². The van der Waals surface area contributed by atoms with E-state index in [0.29, 0.717) is 35.8 Å². The van der Waals surface area contributed by atoms with Gasteiger partial charge in [0, 0.05) is 12.1 Å². The van der Waals surface area contributed by atoms with Crippen molar-refractivity contribution in [2.24, 2.45) is 0 Å². The first-order valence-corrected chi connectivity index (χ1v) is 8.31. The number of benzene rings is 2. The van der Waals surface area contributed by atoms with E-state index in [4.69, 9.17) is 9.47 Å². The quantitative estimate of drug-likeness (QED) is 0.719. The number of fused-ring (bicyclic) bond motifs is 1. The van der Waals surface area contributed by atoms with Crippen LogP contribution in [0, 0.1) is 0 Å². The minimum atomic E-state index is -0.889. The van der Waals surface area contributed by atoms with E-state index >= 15 is 0 Å². The number of rotatable bonds is 6. The fourth-order valence-corrected chi connectivity index (χ4v) is 2.51. The van der Waals surface area contributed by atoms with Crippen LogP contribution in [0.5, 0.6) is 11.5 Å². The standard InChI is InChI=1S/C19H20N2O5/c22-15(14-6-7-16-17(10-14)26-9-8-25-16)11-20-18(23)12-21-19(24)13-4-2-1-3-5-13/h1-7,10,15,22H,8-9,11-12H2,(H,20,23)(H,21,24). The van der Waals surface area contributed by atoms with Gasteiger partial charge in [-0.15, -0.1) is 0 Å². The van der Waals surface area contributed by atoms with Gasteiger partial charge < -0.3 is 25.2 Å². The molecule has 2 aromatic rings. The third-order valence-corrected chi connectivity index (χ3v) is 3.89. The molecule has 2 amide bonds. The van der Waals surface area contributed by atoms with E-state index in [1.54, 1.807) is 42.5 Å². The highest BCUT2D eigenvalue weighted by molar-refractivity contribution is 5.96. The van der Waals surface area contributed by atoms with E-state index in [2.05, 4.69) is 10.6 Å². The maximum Gasteiger partial charge on any atom is 0.251 e. The zero-order valence-corrected chi connectivity index (χ0v) is 14.1. The van der Waals surface area contributed by atoms with E-state index in [1.165, 1.54) is 0 Å². The number of carbonyl (C=O) groups excluding carboxylic acids is 2. The van der Waals surface area contributed by atoms with Gasteiger partial charge in [-0.1, -0.05) is 24.3 Å². The second kappa shape index (κ2) is 8.35. The number of nitrogens with one attached hydrogen (secondary N) is 2. The molecule has 0 aliphatic carbocycles. The largest absolute Gasteiger partial charge is 0.486 e.